The van der Waals surface area contributed by atoms with E-state index in [1.54, 1.807) is 12.1 Å². The van der Waals surface area contributed by atoms with Crippen LogP contribution in [0.3, 0.4) is 0 Å². The lowest BCUT2D eigenvalue weighted by Gasteiger charge is -2.36. The summed E-state index contributed by atoms with van der Waals surface area (Å²) in [4.78, 5) is 31.7. The fourth-order valence-corrected chi connectivity index (χ4v) is 5.02. The molecule has 1 aromatic heterocycles. The van der Waals surface area contributed by atoms with Crippen molar-refractivity contribution in [2.45, 2.75) is 64.0 Å². The van der Waals surface area contributed by atoms with Gasteiger partial charge in [0.2, 0.25) is 5.91 Å². The molecule has 1 aliphatic heterocycles. The molecule has 0 bridgehead atoms. The van der Waals surface area contributed by atoms with E-state index in [4.69, 9.17) is 11.6 Å². The summed E-state index contributed by atoms with van der Waals surface area (Å²) in [7, 11) is 0. The first-order valence-electron chi connectivity index (χ1n) is 12.1. The number of nitrogens with one attached hydrogen (secondary N) is 2. The van der Waals surface area contributed by atoms with E-state index in [1.165, 1.54) is 25.5 Å². The average Bonchev–Trinajstić information content (AvgIpc) is 2.85. The van der Waals surface area contributed by atoms with Crippen LogP contribution in [-0.4, -0.2) is 40.8 Å². The summed E-state index contributed by atoms with van der Waals surface area (Å²) in [6.07, 6.45) is 9.26. The van der Waals surface area contributed by atoms with E-state index >= 15 is 0 Å². The number of piperidine rings is 1. The van der Waals surface area contributed by atoms with E-state index in [1.807, 2.05) is 18.2 Å². The Hall–Kier alpha value is -2.44. The summed E-state index contributed by atoms with van der Waals surface area (Å²) in [5, 5.41) is 6.71. The summed E-state index contributed by atoms with van der Waals surface area (Å²) in [6.45, 7) is 3.98. The Balaban J connectivity index is 1.30. The molecule has 176 valence electrons. The van der Waals surface area contributed by atoms with Gasteiger partial charge in [0.25, 0.3) is 5.91 Å². The molecule has 4 rings (SSSR count). The maximum absolute atomic E-state index is 12.7. The molecule has 0 spiro atoms. The second-order valence-electron chi connectivity index (χ2n) is 9.27. The quantitative estimate of drug-likeness (QED) is 0.610. The molecule has 1 saturated heterocycles. The molecule has 1 atom stereocenters. The van der Waals surface area contributed by atoms with E-state index in [2.05, 4.69) is 33.5 Å². The van der Waals surface area contributed by atoms with Crippen LogP contribution in [0.4, 0.5) is 5.69 Å². The Morgan fingerprint density at radius 2 is 1.82 bits per heavy atom. The molecule has 7 heteroatoms. The van der Waals surface area contributed by atoms with Crippen molar-refractivity contribution in [2.75, 3.05) is 18.4 Å². The molecule has 1 aromatic carbocycles. The van der Waals surface area contributed by atoms with Gasteiger partial charge in [0.05, 0.1) is 5.02 Å². The van der Waals surface area contributed by atoms with Gasteiger partial charge in [0.15, 0.2) is 0 Å². The Morgan fingerprint density at radius 3 is 2.52 bits per heavy atom. The first kappa shape index (κ1) is 23.7. The van der Waals surface area contributed by atoms with Gasteiger partial charge in [-0.15, -0.1) is 0 Å². The third kappa shape index (κ3) is 6.33. The molecule has 2 aliphatic rings. The summed E-state index contributed by atoms with van der Waals surface area (Å²) in [5.74, 6) is 0.101. The maximum Gasteiger partial charge on any atom is 0.274 e. The van der Waals surface area contributed by atoms with E-state index in [0.717, 1.165) is 50.0 Å². The van der Waals surface area contributed by atoms with Crippen molar-refractivity contribution in [3.8, 4) is 0 Å². The Morgan fingerprint density at radius 1 is 1.06 bits per heavy atom. The van der Waals surface area contributed by atoms with Gasteiger partial charge in [-0.2, -0.15) is 0 Å². The van der Waals surface area contributed by atoms with Crippen molar-refractivity contribution >= 4 is 29.1 Å². The van der Waals surface area contributed by atoms with Gasteiger partial charge >= 0.3 is 0 Å². The monoisotopic (exact) mass is 468 g/mol. The number of carbonyl (C=O) groups excluding carboxylic acids is 2. The number of anilines is 1. The van der Waals surface area contributed by atoms with Crippen LogP contribution < -0.4 is 10.6 Å². The second kappa shape index (κ2) is 11.1. The van der Waals surface area contributed by atoms with Crippen LogP contribution in [0.15, 0.2) is 42.6 Å². The lowest BCUT2D eigenvalue weighted by molar-refractivity contribution is -0.127. The Bertz CT molecular complexity index is 951. The fourth-order valence-electron chi connectivity index (χ4n) is 4.91. The lowest BCUT2D eigenvalue weighted by atomic mass is 9.91. The number of pyridine rings is 1. The van der Waals surface area contributed by atoms with Gasteiger partial charge in [-0.1, -0.05) is 43.0 Å². The summed E-state index contributed by atoms with van der Waals surface area (Å²) in [6, 6.07) is 11.8. The number of nitrogens with zero attached hydrogens (tertiary/aromatic N) is 2. The highest BCUT2D eigenvalue weighted by Crippen LogP contribution is 2.29. The number of hydrogen-bond acceptors (Lipinski definition) is 4. The standard InChI is InChI=1S/C26H33ClN4O2/c1-18(31-14-12-19(13-15-31)25(32)29-22-7-3-2-4-8-22)20-6-5-9-23(16-20)30-26(33)24-11-10-21(27)17-28-24/h5-6,9-11,16-19,22H,2-4,7-8,12-15H2,1H3,(H,29,32)(H,30,33). The first-order valence-corrected chi connectivity index (χ1v) is 12.4. The minimum Gasteiger partial charge on any atom is -0.353 e. The highest BCUT2D eigenvalue weighted by Gasteiger charge is 2.29. The molecule has 2 N–H and O–H groups in total. The van der Waals surface area contributed by atoms with Crippen LogP contribution in [-0.2, 0) is 4.79 Å². The molecule has 33 heavy (non-hydrogen) atoms. The second-order valence-corrected chi connectivity index (χ2v) is 9.71. The Kier molecular flexibility index (Phi) is 7.99. The van der Waals surface area contributed by atoms with Gasteiger partial charge in [-0.3, -0.25) is 14.5 Å². The number of rotatable bonds is 6. The third-order valence-electron chi connectivity index (χ3n) is 6.99. The predicted octanol–water partition coefficient (Wildman–Crippen LogP) is 5.21. The van der Waals surface area contributed by atoms with Crippen LogP contribution in [0.5, 0.6) is 0 Å². The van der Waals surface area contributed by atoms with Gasteiger partial charge in [-0.05, 0) is 75.5 Å². The molecule has 2 heterocycles. The van der Waals surface area contributed by atoms with Crippen molar-refractivity contribution in [3.05, 3.63) is 58.9 Å². The number of benzene rings is 1. The van der Waals surface area contributed by atoms with Crippen LogP contribution in [0.25, 0.3) is 0 Å². The SMILES string of the molecule is CC(c1cccc(NC(=O)c2ccc(Cl)cn2)c1)N1CCC(C(=O)NC2CCCCC2)CC1. The summed E-state index contributed by atoms with van der Waals surface area (Å²) in [5.41, 5.74) is 2.20. The van der Waals surface area contributed by atoms with Crippen molar-refractivity contribution in [1.29, 1.82) is 0 Å². The number of hydrogen-bond donors (Lipinski definition) is 2. The minimum atomic E-state index is -0.263. The van der Waals surface area contributed by atoms with Crippen molar-refractivity contribution in [3.63, 3.8) is 0 Å². The molecule has 2 aromatic rings. The van der Waals surface area contributed by atoms with Crippen LogP contribution >= 0.6 is 11.6 Å². The minimum absolute atomic E-state index is 0.118. The van der Waals surface area contributed by atoms with Crippen molar-refractivity contribution in [2.24, 2.45) is 5.92 Å². The molecular formula is C26H33ClN4O2. The maximum atomic E-state index is 12.7. The van der Waals surface area contributed by atoms with Crippen LogP contribution in [0.2, 0.25) is 5.02 Å². The van der Waals surface area contributed by atoms with Gasteiger partial charge in [0.1, 0.15) is 5.69 Å². The number of aromatic nitrogens is 1. The molecule has 1 aliphatic carbocycles. The largest absolute Gasteiger partial charge is 0.353 e. The van der Waals surface area contributed by atoms with E-state index in [9.17, 15) is 9.59 Å². The molecule has 2 fully saturated rings. The normalized spacial score (nSPS) is 19.1. The van der Waals surface area contributed by atoms with E-state index in [-0.39, 0.29) is 23.8 Å². The number of halogens is 1. The zero-order chi connectivity index (χ0) is 23.2. The number of amides is 2. The average molecular weight is 469 g/mol. The lowest BCUT2D eigenvalue weighted by Crippen LogP contribution is -2.44. The van der Waals surface area contributed by atoms with Gasteiger partial charge in [-0.25, -0.2) is 4.98 Å². The molecule has 6 nitrogen and oxygen atoms in total. The molecule has 2 amide bonds. The topological polar surface area (TPSA) is 74.3 Å². The zero-order valence-corrected chi connectivity index (χ0v) is 20.0. The van der Waals surface area contributed by atoms with E-state index in [0.29, 0.717) is 16.8 Å². The molecule has 0 radical (unpaired) electrons. The number of carbonyl (C=O) groups is 2. The van der Waals surface area contributed by atoms with Crippen LogP contribution in [0.1, 0.15) is 74.0 Å². The summed E-state index contributed by atoms with van der Waals surface area (Å²) < 4.78 is 0. The highest BCUT2D eigenvalue weighted by atomic mass is 35.5. The molecular weight excluding hydrogens is 436 g/mol. The third-order valence-corrected chi connectivity index (χ3v) is 7.21. The van der Waals surface area contributed by atoms with Gasteiger partial charge < -0.3 is 10.6 Å². The zero-order valence-electron chi connectivity index (χ0n) is 19.2. The van der Waals surface area contributed by atoms with Crippen LogP contribution in [0, 0.1) is 5.92 Å². The predicted molar refractivity (Wildman–Crippen MR) is 131 cm³/mol. The van der Waals surface area contributed by atoms with Gasteiger partial charge in [0, 0.05) is 29.9 Å². The highest BCUT2D eigenvalue weighted by molar-refractivity contribution is 6.30. The summed E-state index contributed by atoms with van der Waals surface area (Å²) >= 11 is 5.85. The van der Waals surface area contributed by atoms with E-state index < -0.39 is 0 Å². The molecule has 1 saturated carbocycles. The smallest absolute Gasteiger partial charge is 0.274 e. The number of likely N-dealkylation sites (tertiary alicyclic amines) is 1. The van der Waals surface area contributed by atoms with Crippen molar-refractivity contribution in [1.82, 2.24) is 15.2 Å². The van der Waals surface area contributed by atoms with Crippen molar-refractivity contribution < 1.29 is 9.59 Å². The fraction of sp³-hybridized carbons (Fsp3) is 0.500. The first-order chi connectivity index (χ1) is 16.0. The Labute approximate surface area is 201 Å². The molecule has 1 unspecified atom stereocenters.